The first-order chi connectivity index (χ1) is 11.0. The summed E-state index contributed by atoms with van der Waals surface area (Å²) in [4.78, 5) is 24.5. The molecular weight excluding hydrogens is 292 g/mol. The van der Waals surface area contributed by atoms with E-state index in [1.54, 1.807) is 24.5 Å². The van der Waals surface area contributed by atoms with Gasteiger partial charge in [-0.05, 0) is 13.0 Å². The number of nitrogens with one attached hydrogen (secondary N) is 1. The third-order valence-corrected chi connectivity index (χ3v) is 3.92. The summed E-state index contributed by atoms with van der Waals surface area (Å²) in [6.45, 7) is 3.28. The van der Waals surface area contributed by atoms with Crippen molar-refractivity contribution < 1.29 is 4.79 Å². The molecule has 2 aromatic rings. The maximum absolute atomic E-state index is 12.3. The van der Waals surface area contributed by atoms with Crippen molar-refractivity contribution in [2.75, 3.05) is 25.5 Å². The van der Waals surface area contributed by atoms with E-state index >= 15 is 0 Å². The second-order valence-corrected chi connectivity index (χ2v) is 5.83. The van der Waals surface area contributed by atoms with Crippen LogP contribution in [0.5, 0.6) is 0 Å². The number of hydrogen-bond acceptors (Lipinski definition) is 5. The van der Waals surface area contributed by atoms with Crippen LogP contribution in [0.3, 0.4) is 0 Å². The van der Waals surface area contributed by atoms with Gasteiger partial charge in [0.1, 0.15) is 0 Å². The topological polar surface area (TPSA) is 78.0 Å². The number of rotatable bonds is 3. The van der Waals surface area contributed by atoms with Crippen molar-refractivity contribution in [3.8, 4) is 0 Å². The van der Waals surface area contributed by atoms with Gasteiger partial charge in [0.15, 0.2) is 0 Å². The van der Waals surface area contributed by atoms with Gasteiger partial charge >= 0.3 is 0 Å². The average molecular weight is 312 g/mol. The molecule has 2 aromatic heterocycles. The largest absolute Gasteiger partial charge is 0.347 e. The minimum absolute atomic E-state index is 0.00654. The van der Waals surface area contributed by atoms with Gasteiger partial charge in [0, 0.05) is 68.9 Å². The van der Waals surface area contributed by atoms with Crippen molar-refractivity contribution in [2.24, 2.45) is 0 Å². The quantitative estimate of drug-likeness (QED) is 0.861. The standard InChI is InChI=1S/C16H20N6O/c1-11-13-10-22(7-6-14(13)20-19-11)15(23)5-4-12-8-17-16(18-9-12)21(2)3/h4-5,8-9H,6-7,10H2,1-3H3,(H,19,20)/b5-4+. The van der Waals surface area contributed by atoms with E-state index < -0.39 is 0 Å². The predicted molar refractivity (Wildman–Crippen MR) is 87.8 cm³/mol. The SMILES string of the molecule is Cc1[nH]nc2c1CN(C(=O)/C=C/c1cnc(N(C)C)nc1)CC2. The fourth-order valence-corrected chi connectivity index (χ4v) is 2.54. The number of aromatic nitrogens is 4. The highest BCUT2D eigenvalue weighted by Crippen LogP contribution is 2.20. The molecule has 1 N–H and O–H groups in total. The van der Waals surface area contributed by atoms with Crippen LogP contribution in [0.4, 0.5) is 5.95 Å². The summed E-state index contributed by atoms with van der Waals surface area (Å²) >= 11 is 0. The van der Waals surface area contributed by atoms with Crippen molar-refractivity contribution in [3.63, 3.8) is 0 Å². The lowest BCUT2D eigenvalue weighted by Gasteiger charge is -2.25. The molecule has 0 bridgehead atoms. The Hall–Kier alpha value is -2.70. The molecule has 0 unspecified atom stereocenters. The highest BCUT2D eigenvalue weighted by atomic mass is 16.2. The van der Waals surface area contributed by atoms with Crippen LogP contribution >= 0.6 is 0 Å². The summed E-state index contributed by atoms with van der Waals surface area (Å²) in [6, 6.07) is 0. The summed E-state index contributed by atoms with van der Waals surface area (Å²) in [6.07, 6.45) is 7.54. The molecule has 3 rings (SSSR count). The average Bonchev–Trinajstić information content (AvgIpc) is 2.93. The number of aromatic amines is 1. The first-order valence-corrected chi connectivity index (χ1v) is 7.53. The van der Waals surface area contributed by atoms with Gasteiger partial charge in [0.05, 0.1) is 5.69 Å². The molecule has 23 heavy (non-hydrogen) atoms. The van der Waals surface area contributed by atoms with Crippen molar-refractivity contribution in [2.45, 2.75) is 19.9 Å². The number of hydrogen-bond donors (Lipinski definition) is 1. The van der Waals surface area contributed by atoms with Crippen molar-refractivity contribution >= 4 is 17.9 Å². The Bertz CT molecular complexity index is 732. The van der Waals surface area contributed by atoms with Gasteiger partial charge in [0.2, 0.25) is 11.9 Å². The highest BCUT2D eigenvalue weighted by Gasteiger charge is 2.22. The van der Waals surface area contributed by atoms with E-state index in [1.807, 2.05) is 30.8 Å². The first kappa shape index (κ1) is 15.2. The molecule has 1 amide bonds. The Labute approximate surface area is 135 Å². The Kier molecular flexibility index (Phi) is 4.10. The molecule has 0 saturated carbocycles. The van der Waals surface area contributed by atoms with E-state index in [9.17, 15) is 4.79 Å². The molecule has 7 nitrogen and oxygen atoms in total. The summed E-state index contributed by atoms with van der Waals surface area (Å²) in [5.41, 5.74) is 4.05. The Morgan fingerprint density at radius 1 is 1.35 bits per heavy atom. The molecule has 0 fully saturated rings. The van der Waals surface area contributed by atoms with Crippen LogP contribution in [-0.2, 0) is 17.8 Å². The third-order valence-electron chi connectivity index (χ3n) is 3.92. The molecule has 0 radical (unpaired) electrons. The lowest BCUT2D eigenvalue weighted by molar-refractivity contribution is -0.126. The van der Waals surface area contributed by atoms with Crippen molar-refractivity contribution in [1.82, 2.24) is 25.1 Å². The molecule has 0 spiro atoms. The van der Waals surface area contributed by atoms with Gasteiger partial charge in [-0.3, -0.25) is 9.89 Å². The summed E-state index contributed by atoms with van der Waals surface area (Å²) < 4.78 is 0. The molecule has 1 aliphatic rings. The Morgan fingerprint density at radius 2 is 2.09 bits per heavy atom. The first-order valence-electron chi connectivity index (χ1n) is 7.53. The number of fused-ring (bicyclic) bond motifs is 1. The van der Waals surface area contributed by atoms with E-state index in [2.05, 4.69) is 20.2 Å². The summed E-state index contributed by atoms with van der Waals surface area (Å²) in [5, 5.41) is 7.25. The van der Waals surface area contributed by atoms with E-state index in [4.69, 9.17) is 0 Å². The molecule has 0 saturated heterocycles. The van der Waals surface area contributed by atoms with Gasteiger partial charge in [-0.25, -0.2) is 9.97 Å². The van der Waals surface area contributed by atoms with E-state index in [0.29, 0.717) is 19.0 Å². The lowest BCUT2D eigenvalue weighted by Crippen LogP contribution is -2.34. The highest BCUT2D eigenvalue weighted by molar-refractivity contribution is 5.91. The molecule has 0 aromatic carbocycles. The summed E-state index contributed by atoms with van der Waals surface area (Å²) in [5.74, 6) is 0.639. The van der Waals surface area contributed by atoms with Gasteiger partial charge in [0.25, 0.3) is 0 Å². The van der Waals surface area contributed by atoms with Crippen LogP contribution in [0.1, 0.15) is 22.5 Å². The zero-order chi connectivity index (χ0) is 16.4. The molecule has 3 heterocycles. The number of carbonyl (C=O) groups is 1. The zero-order valence-electron chi connectivity index (χ0n) is 13.6. The number of carbonyl (C=O) groups excluding carboxylic acids is 1. The van der Waals surface area contributed by atoms with Gasteiger partial charge in [-0.1, -0.05) is 0 Å². The Morgan fingerprint density at radius 3 is 2.78 bits per heavy atom. The van der Waals surface area contributed by atoms with Crippen LogP contribution in [0, 0.1) is 6.92 Å². The predicted octanol–water partition coefficient (Wildman–Crippen LogP) is 1.17. The van der Waals surface area contributed by atoms with Crippen LogP contribution in [0.15, 0.2) is 18.5 Å². The second-order valence-electron chi connectivity index (χ2n) is 5.83. The fourth-order valence-electron chi connectivity index (χ4n) is 2.54. The van der Waals surface area contributed by atoms with Crippen LogP contribution in [-0.4, -0.2) is 51.6 Å². The molecule has 1 aliphatic heterocycles. The number of anilines is 1. The maximum atomic E-state index is 12.3. The third kappa shape index (κ3) is 3.23. The zero-order valence-corrected chi connectivity index (χ0v) is 13.6. The van der Waals surface area contributed by atoms with E-state index in [-0.39, 0.29) is 5.91 Å². The lowest BCUT2D eigenvalue weighted by atomic mass is 10.1. The van der Waals surface area contributed by atoms with E-state index in [1.165, 1.54) is 0 Å². The second kappa shape index (κ2) is 6.20. The normalized spacial score (nSPS) is 14.1. The molecule has 7 heteroatoms. The Balaban J connectivity index is 1.66. The molecule has 120 valence electrons. The van der Waals surface area contributed by atoms with Gasteiger partial charge < -0.3 is 9.80 Å². The monoisotopic (exact) mass is 312 g/mol. The molecular formula is C16H20N6O. The van der Waals surface area contributed by atoms with Crippen LogP contribution in [0.25, 0.3) is 6.08 Å². The minimum atomic E-state index is -0.00654. The number of amides is 1. The smallest absolute Gasteiger partial charge is 0.246 e. The maximum Gasteiger partial charge on any atom is 0.246 e. The van der Waals surface area contributed by atoms with Crippen molar-refractivity contribution in [3.05, 3.63) is 41.0 Å². The fraction of sp³-hybridized carbons (Fsp3) is 0.375. The minimum Gasteiger partial charge on any atom is -0.347 e. The summed E-state index contributed by atoms with van der Waals surface area (Å²) in [7, 11) is 3.77. The van der Waals surface area contributed by atoms with Crippen LogP contribution in [0.2, 0.25) is 0 Å². The van der Waals surface area contributed by atoms with Gasteiger partial charge in [-0.2, -0.15) is 5.10 Å². The number of H-pyrrole nitrogens is 1. The molecule has 0 atom stereocenters. The number of aryl methyl sites for hydroxylation is 1. The number of nitrogens with zero attached hydrogens (tertiary/aromatic N) is 5. The van der Waals surface area contributed by atoms with E-state index in [0.717, 1.165) is 28.9 Å². The van der Waals surface area contributed by atoms with Crippen molar-refractivity contribution in [1.29, 1.82) is 0 Å². The van der Waals surface area contributed by atoms with Gasteiger partial charge in [-0.15, -0.1) is 0 Å². The van der Waals surface area contributed by atoms with Crippen LogP contribution < -0.4 is 4.90 Å². The molecule has 0 aliphatic carbocycles.